The number of hydrogen-bond donors (Lipinski definition) is 0. The SMILES string of the molecule is c1ccc2cc(-c3ccc(-c4ccc5ccccc5c4)c4cc(-c5ccc6c(-c7ccc8ccccc8c7)ccc(-c7ccc8ccccc8c7)c6c5)ccc34)ccc2c1. The van der Waals surface area contributed by atoms with Gasteiger partial charge in [-0.05, 0) is 157 Å². The van der Waals surface area contributed by atoms with E-state index in [2.05, 4.69) is 231 Å². The van der Waals surface area contributed by atoms with Gasteiger partial charge in [0.05, 0.1) is 0 Å². The topological polar surface area (TPSA) is 0 Å². The maximum absolute atomic E-state index is 2.43. The third kappa shape index (κ3) is 5.84. The highest BCUT2D eigenvalue weighted by atomic mass is 14.2. The Labute approximate surface area is 349 Å². The van der Waals surface area contributed by atoms with E-state index in [1.807, 2.05) is 0 Å². The average molecular weight is 759 g/mol. The Morgan fingerprint density at radius 1 is 0.150 bits per heavy atom. The predicted octanol–water partition coefficient (Wildman–Crippen LogP) is 16.9. The molecule has 60 heavy (non-hydrogen) atoms. The van der Waals surface area contributed by atoms with Gasteiger partial charge < -0.3 is 0 Å². The summed E-state index contributed by atoms with van der Waals surface area (Å²) in [7, 11) is 0. The van der Waals surface area contributed by atoms with Gasteiger partial charge in [0.2, 0.25) is 0 Å². The van der Waals surface area contributed by atoms with Gasteiger partial charge >= 0.3 is 0 Å². The molecule has 0 bridgehead atoms. The van der Waals surface area contributed by atoms with E-state index in [1.54, 1.807) is 0 Å². The third-order valence-electron chi connectivity index (χ3n) is 12.6. The summed E-state index contributed by atoms with van der Waals surface area (Å²) in [6.45, 7) is 0. The third-order valence-corrected chi connectivity index (χ3v) is 12.6. The molecule has 12 aromatic carbocycles. The zero-order valence-corrected chi connectivity index (χ0v) is 32.9. The fourth-order valence-corrected chi connectivity index (χ4v) is 9.49. The van der Waals surface area contributed by atoms with Crippen molar-refractivity contribution in [1.82, 2.24) is 0 Å². The summed E-state index contributed by atoms with van der Waals surface area (Å²) in [5, 5.41) is 15.0. The lowest BCUT2D eigenvalue weighted by Crippen LogP contribution is -1.90. The molecule has 0 fully saturated rings. The second-order valence-corrected chi connectivity index (χ2v) is 16.1. The lowest BCUT2D eigenvalue weighted by Gasteiger charge is -2.17. The average Bonchev–Trinajstić information content (AvgIpc) is 3.32. The van der Waals surface area contributed by atoms with Gasteiger partial charge in [0.15, 0.2) is 0 Å². The Hall–Kier alpha value is -7.80. The lowest BCUT2D eigenvalue weighted by molar-refractivity contribution is 1.62. The molecule has 0 radical (unpaired) electrons. The maximum atomic E-state index is 2.43. The molecule has 0 aliphatic heterocycles. The van der Waals surface area contributed by atoms with Crippen LogP contribution in [0.4, 0.5) is 0 Å². The van der Waals surface area contributed by atoms with E-state index in [4.69, 9.17) is 0 Å². The van der Waals surface area contributed by atoms with Gasteiger partial charge in [-0.2, -0.15) is 0 Å². The Kier molecular flexibility index (Phi) is 7.96. The van der Waals surface area contributed by atoms with Crippen LogP contribution in [0.3, 0.4) is 0 Å². The molecule has 0 aliphatic rings. The van der Waals surface area contributed by atoms with E-state index in [0.717, 1.165) is 0 Å². The standard InChI is InChI=1S/C60H38/c1-5-13-43-33-49(21-17-39(43)9-1)53-29-31-55(51-23-19-41-11-3-7-15-45(41)35-51)59-37-47(25-27-57(53)59)48-26-28-58-54(50-22-18-40-10-2-6-14-44(40)34-50)30-32-56(60(58)38-48)52-24-20-42-12-4-8-16-46(42)36-52/h1-38H. The van der Waals surface area contributed by atoms with E-state index >= 15 is 0 Å². The molecule has 12 rings (SSSR count). The molecule has 0 spiro atoms. The van der Waals surface area contributed by atoms with Crippen molar-refractivity contribution in [3.05, 3.63) is 231 Å². The molecule has 12 aromatic rings. The molecule has 0 atom stereocenters. The quantitative estimate of drug-likeness (QED) is 0.164. The van der Waals surface area contributed by atoms with E-state index in [-0.39, 0.29) is 0 Å². The highest BCUT2D eigenvalue weighted by molar-refractivity contribution is 6.11. The first-order chi connectivity index (χ1) is 29.7. The number of hydrogen-bond acceptors (Lipinski definition) is 0. The molecule has 0 N–H and O–H groups in total. The number of fused-ring (bicyclic) bond motifs is 6. The van der Waals surface area contributed by atoms with Crippen LogP contribution in [-0.2, 0) is 0 Å². The van der Waals surface area contributed by atoms with Gasteiger partial charge in [-0.1, -0.05) is 194 Å². The Morgan fingerprint density at radius 2 is 0.400 bits per heavy atom. The van der Waals surface area contributed by atoms with Crippen molar-refractivity contribution in [3.8, 4) is 55.6 Å². The summed E-state index contributed by atoms with van der Waals surface area (Å²) in [5.41, 5.74) is 12.2. The predicted molar refractivity (Wildman–Crippen MR) is 259 cm³/mol. The van der Waals surface area contributed by atoms with Crippen LogP contribution in [0, 0.1) is 0 Å². The van der Waals surface area contributed by atoms with Gasteiger partial charge in [0, 0.05) is 0 Å². The van der Waals surface area contributed by atoms with Crippen LogP contribution in [0.5, 0.6) is 0 Å². The zero-order chi connectivity index (χ0) is 39.6. The van der Waals surface area contributed by atoms with Crippen molar-refractivity contribution in [2.75, 3.05) is 0 Å². The Balaban J connectivity index is 1.08. The van der Waals surface area contributed by atoms with Gasteiger partial charge in [-0.15, -0.1) is 0 Å². The fourth-order valence-electron chi connectivity index (χ4n) is 9.49. The van der Waals surface area contributed by atoms with Crippen LogP contribution < -0.4 is 0 Å². The van der Waals surface area contributed by atoms with Gasteiger partial charge in [-0.3, -0.25) is 0 Å². The molecule has 0 amide bonds. The van der Waals surface area contributed by atoms with E-state index < -0.39 is 0 Å². The molecule has 0 unspecified atom stereocenters. The summed E-state index contributed by atoms with van der Waals surface area (Å²) in [6, 6.07) is 85.5. The van der Waals surface area contributed by atoms with Crippen molar-refractivity contribution in [2.24, 2.45) is 0 Å². The first kappa shape index (κ1) is 34.3. The minimum atomic E-state index is 1.20. The Bertz CT molecular complexity index is 3420. The highest BCUT2D eigenvalue weighted by Crippen LogP contribution is 2.42. The molecular formula is C60H38. The van der Waals surface area contributed by atoms with Crippen molar-refractivity contribution in [2.45, 2.75) is 0 Å². The highest BCUT2D eigenvalue weighted by Gasteiger charge is 2.16. The van der Waals surface area contributed by atoms with Crippen LogP contribution in [0.15, 0.2) is 231 Å². The monoisotopic (exact) mass is 758 g/mol. The van der Waals surface area contributed by atoms with Crippen molar-refractivity contribution in [3.63, 3.8) is 0 Å². The van der Waals surface area contributed by atoms with Gasteiger partial charge in [0.1, 0.15) is 0 Å². The molecule has 0 heteroatoms. The van der Waals surface area contributed by atoms with E-state index in [9.17, 15) is 0 Å². The van der Waals surface area contributed by atoms with Crippen molar-refractivity contribution in [1.29, 1.82) is 0 Å². The van der Waals surface area contributed by atoms with Crippen LogP contribution in [-0.4, -0.2) is 0 Å². The number of rotatable bonds is 5. The Morgan fingerprint density at radius 3 is 0.700 bits per heavy atom. The molecule has 278 valence electrons. The number of benzene rings is 12. The van der Waals surface area contributed by atoms with E-state index in [1.165, 1.54) is 120 Å². The normalized spacial score (nSPS) is 11.7. The summed E-state index contributed by atoms with van der Waals surface area (Å²) in [4.78, 5) is 0. The minimum absolute atomic E-state index is 1.20. The van der Waals surface area contributed by atoms with E-state index in [0.29, 0.717) is 0 Å². The first-order valence-electron chi connectivity index (χ1n) is 20.8. The van der Waals surface area contributed by atoms with Crippen LogP contribution >= 0.6 is 0 Å². The van der Waals surface area contributed by atoms with Crippen LogP contribution in [0.1, 0.15) is 0 Å². The molecule has 0 aliphatic carbocycles. The minimum Gasteiger partial charge on any atom is -0.0616 e. The lowest BCUT2D eigenvalue weighted by atomic mass is 9.87. The van der Waals surface area contributed by atoms with Crippen molar-refractivity contribution >= 4 is 64.6 Å². The largest absolute Gasteiger partial charge is 0.0616 e. The molecule has 0 saturated carbocycles. The second-order valence-electron chi connectivity index (χ2n) is 16.1. The molecule has 0 heterocycles. The van der Waals surface area contributed by atoms with Crippen LogP contribution in [0.2, 0.25) is 0 Å². The summed E-state index contributed by atoms with van der Waals surface area (Å²) in [5.74, 6) is 0. The first-order valence-corrected chi connectivity index (χ1v) is 20.8. The molecule has 0 saturated heterocycles. The van der Waals surface area contributed by atoms with Crippen molar-refractivity contribution < 1.29 is 0 Å². The van der Waals surface area contributed by atoms with Gasteiger partial charge in [0.25, 0.3) is 0 Å². The second kappa shape index (κ2) is 13.9. The zero-order valence-electron chi connectivity index (χ0n) is 32.9. The molecular weight excluding hydrogens is 721 g/mol. The molecule has 0 nitrogen and oxygen atoms in total. The fraction of sp³-hybridized carbons (Fsp3) is 0. The summed E-state index contributed by atoms with van der Waals surface area (Å²) < 4.78 is 0. The van der Waals surface area contributed by atoms with Gasteiger partial charge in [-0.25, -0.2) is 0 Å². The smallest absolute Gasteiger partial charge is 0.00930 e. The maximum Gasteiger partial charge on any atom is -0.00930 e. The summed E-state index contributed by atoms with van der Waals surface area (Å²) in [6.07, 6.45) is 0. The van der Waals surface area contributed by atoms with Crippen LogP contribution in [0.25, 0.3) is 120 Å². The summed E-state index contributed by atoms with van der Waals surface area (Å²) >= 11 is 0. The molecule has 0 aromatic heterocycles.